The zero-order chi connectivity index (χ0) is 19.7. The second-order valence-electron chi connectivity index (χ2n) is 6.45. The van der Waals surface area contributed by atoms with Gasteiger partial charge in [-0.2, -0.15) is 13.2 Å². The predicted octanol–water partition coefficient (Wildman–Crippen LogP) is 5.25. The predicted molar refractivity (Wildman–Crippen MR) is 97.2 cm³/mol. The SMILES string of the molecule is NC1=CC(c2ccc(-c3cccc(C(F)(F)F)c3)o2)N(Cc2ccccc2)O1. The van der Waals surface area contributed by atoms with Crippen molar-refractivity contribution in [3.63, 3.8) is 0 Å². The van der Waals surface area contributed by atoms with Crippen LogP contribution in [-0.2, 0) is 17.6 Å². The molecule has 1 aliphatic heterocycles. The van der Waals surface area contributed by atoms with Crippen molar-refractivity contribution < 1.29 is 22.4 Å². The van der Waals surface area contributed by atoms with Crippen molar-refractivity contribution in [2.75, 3.05) is 0 Å². The smallest absolute Gasteiger partial charge is 0.416 e. The van der Waals surface area contributed by atoms with Crippen LogP contribution in [0.2, 0.25) is 0 Å². The third-order valence-corrected chi connectivity index (χ3v) is 4.43. The second-order valence-corrected chi connectivity index (χ2v) is 6.45. The van der Waals surface area contributed by atoms with Gasteiger partial charge in [0.25, 0.3) is 0 Å². The van der Waals surface area contributed by atoms with Gasteiger partial charge in [0.1, 0.15) is 17.6 Å². The standard InChI is InChI=1S/C21H17F3N2O2/c22-21(23,24)16-8-4-7-15(11-16)18-9-10-19(27-18)17-12-20(25)28-26(17)13-14-5-2-1-3-6-14/h1-12,17H,13,25H2. The largest absolute Gasteiger partial charge is 0.459 e. The molecule has 0 saturated heterocycles. The minimum Gasteiger partial charge on any atom is -0.459 e. The van der Waals surface area contributed by atoms with Crippen LogP contribution in [0.15, 0.2) is 83.1 Å². The van der Waals surface area contributed by atoms with Gasteiger partial charge in [0.05, 0.1) is 12.1 Å². The van der Waals surface area contributed by atoms with Crippen molar-refractivity contribution in [2.45, 2.75) is 18.8 Å². The van der Waals surface area contributed by atoms with E-state index in [0.717, 1.165) is 17.7 Å². The number of furan rings is 1. The molecular formula is C21H17F3N2O2. The molecule has 0 fully saturated rings. The normalized spacial score (nSPS) is 17.4. The third-order valence-electron chi connectivity index (χ3n) is 4.43. The fourth-order valence-corrected chi connectivity index (χ4v) is 3.10. The average Bonchev–Trinajstić information content (AvgIpc) is 3.29. The first-order valence-electron chi connectivity index (χ1n) is 8.63. The molecule has 0 bridgehead atoms. The second kappa shape index (κ2) is 7.09. The van der Waals surface area contributed by atoms with Crippen LogP contribution in [0.5, 0.6) is 0 Å². The Morgan fingerprint density at radius 3 is 2.50 bits per heavy atom. The third kappa shape index (κ3) is 3.75. The Labute approximate surface area is 159 Å². The van der Waals surface area contributed by atoms with Gasteiger partial charge in [0.15, 0.2) is 0 Å². The topological polar surface area (TPSA) is 51.6 Å². The van der Waals surface area contributed by atoms with Crippen molar-refractivity contribution in [1.29, 1.82) is 0 Å². The number of hydrogen-bond donors (Lipinski definition) is 1. The number of hydroxylamine groups is 2. The molecule has 144 valence electrons. The minimum absolute atomic E-state index is 0.248. The van der Waals surface area contributed by atoms with Gasteiger partial charge in [-0.3, -0.25) is 0 Å². The summed E-state index contributed by atoms with van der Waals surface area (Å²) < 4.78 is 44.7. The van der Waals surface area contributed by atoms with Gasteiger partial charge in [-0.15, -0.1) is 5.06 Å². The van der Waals surface area contributed by atoms with Gasteiger partial charge in [-0.05, 0) is 29.8 Å². The van der Waals surface area contributed by atoms with Gasteiger partial charge in [0.2, 0.25) is 5.88 Å². The fourth-order valence-electron chi connectivity index (χ4n) is 3.10. The molecule has 2 N–H and O–H groups in total. The van der Waals surface area contributed by atoms with Crippen LogP contribution in [-0.4, -0.2) is 5.06 Å². The van der Waals surface area contributed by atoms with E-state index in [4.69, 9.17) is 15.0 Å². The van der Waals surface area contributed by atoms with Crippen LogP contribution in [0.4, 0.5) is 13.2 Å². The molecule has 28 heavy (non-hydrogen) atoms. The molecule has 4 rings (SSSR count). The van der Waals surface area contributed by atoms with Crippen molar-refractivity contribution >= 4 is 0 Å². The summed E-state index contributed by atoms with van der Waals surface area (Å²) >= 11 is 0. The number of rotatable bonds is 4. The highest BCUT2D eigenvalue weighted by Crippen LogP contribution is 2.36. The van der Waals surface area contributed by atoms with Crippen molar-refractivity contribution in [3.8, 4) is 11.3 Å². The Kier molecular flexibility index (Phi) is 4.60. The average molecular weight is 386 g/mol. The molecule has 0 spiro atoms. The summed E-state index contributed by atoms with van der Waals surface area (Å²) in [4.78, 5) is 5.57. The van der Waals surface area contributed by atoms with E-state index in [1.807, 2.05) is 30.3 Å². The molecular weight excluding hydrogens is 369 g/mol. The molecule has 2 aromatic carbocycles. The van der Waals surface area contributed by atoms with Gasteiger partial charge >= 0.3 is 6.18 Å². The summed E-state index contributed by atoms with van der Waals surface area (Å²) in [7, 11) is 0. The first kappa shape index (κ1) is 18.2. The Morgan fingerprint density at radius 1 is 0.964 bits per heavy atom. The molecule has 1 unspecified atom stereocenters. The molecule has 3 aromatic rings. The number of halogens is 3. The van der Waals surface area contributed by atoms with Crippen LogP contribution in [0, 0.1) is 0 Å². The van der Waals surface area contributed by atoms with Gasteiger partial charge in [0, 0.05) is 11.6 Å². The lowest BCUT2D eigenvalue weighted by atomic mass is 10.1. The number of alkyl halides is 3. The van der Waals surface area contributed by atoms with E-state index < -0.39 is 11.7 Å². The molecule has 0 aliphatic carbocycles. The van der Waals surface area contributed by atoms with E-state index in [2.05, 4.69) is 0 Å². The Morgan fingerprint density at radius 2 is 1.75 bits per heavy atom. The summed E-state index contributed by atoms with van der Waals surface area (Å²) in [5.41, 5.74) is 6.48. The highest BCUT2D eigenvalue weighted by molar-refractivity contribution is 5.59. The molecule has 0 amide bonds. The zero-order valence-electron chi connectivity index (χ0n) is 14.7. The monoisotopic (exact) mass is 386 g/mol. The Balaban J connectivity index is 1.59. The van der Waals surface area contributed by atoms with E-state index >= 15 is 0 Å². The van der Waals surface area contributed by atoms with Crippen LogP contribution >= 0.6 is 0 Å². The molecule has 1 aromatic heterocycles. The van der Waals surface area contributed by atoms with E-state index in [9.17, 15) is 13.2 Å². The summed E-state index contributed by atoms with van der Waals surface area (Å²) in [6.07, 6.45) is -2.70. The molecule has 7 heteroatoms. The molecule has 4 nitrogen and oxygen atoms in total. The maximum Gasteiger partial charge on any atom is 0.416 e. The molecule has 1 aliphatic rings. The lowest BCUT2D eigenvalue weighted by molar-refractivity contribution is -0.137. The lowest BCUT2D eigenvalue weighted by Gasteiger charge is -2.21. The summed E-state index contributed by atoms with van der Waals surface area (Å²) in [6, 6.07) is 17.7. The first-order valence-corrected chi connectivity index (χ1v) is 8.63. The first-order chi connectivity index (χ1) is 13.4. The number of benzene rings is 2. The maximum absolute atomic E-state index is 13.0. The molecule has 2 heterocycles. The number of nitrogens with zero attached hydrogens (tertiary/aromatic N) is 1. The van der Waals surface area contributed by atoms with E-state index in [1.165, 1.54) is 6.07 Å². The maximum atomic E-state index is 13.0. The molecule has 0 radical (unpaired) electrons. The van der Waals surface area contributed by atoms with E-state index in [-0.39, 0.29) is 11.9 Å². The van der Waals surface area contributed by atoms with Crippen LogP contribution in [0.3, 0.4) is 0 Å². The fraction of sp³-hybridized carbons (Fsp3) is 0.143. The van der Waals surface area contributed by atoms with Crippen LogP contribution in [0.25, 0.3) is 11.3 Å². The van der Waals surface area contributed by atoms with Crippen LogP contribution in [0.1, 0.15) is 22.9 Å². The van der Waals surface area contributed by atoms with Crippen molar-refractivity contribution in [3.05, 3.63) is 95.6 Å². The minimum atomic E-state index is -4.41. The van der Waals surface area contributed by atoms with Gasteiger partial charge < -0.3 is 15.0 Å². The quantitative estimate of drug-likeness (QED) is 0.665. The summed E-state index contributed by atoms with van der Waals surface area (Å²) in [5, 5.41) is 1.67. The highest BCUT2D eigenvalue weighted by atomic mass is 19.4. The van der Waals surface area contributed by atoms with Crippen molar-refractivity contribution in [1.82, 2.24) is 5.06 Å². The van der Waals surface area contributed by atoms with E-state index in [0.29, 0.717) is 23.6 Å². The number of hydrogen-bond acceptors (Lipinski definition) is 4. The van der Waals surface area contributed by atoms with Gasteiger partial charge in [-0.25, -0.2) is 0 Å². The Hall–Kier alpha value is -3.19. The lowest BCUT2D eigenvalue weighted by Crippen LogP contribution is -2.22. The van der Waals surface area contributed by atoms with Crippen LogP contribution < -0.4 is 5.73 Å². The van der Waals surface area contributed by atoms with E-state index in [1.54, 1.807) is 29.3 Å². The van der Waals surface area contributed by atoms with Gasteiger partial charge in [-0.1, -0.05) is 42.5 Å². The summed E-state index contributed by atoms with van der Waals surface area (Å²) in [6.45, 7) is 0.475. The molecule has 0 saturated carbocycles. The number of nitrogens with two attached hydrogens (primary N) is 1. The molecule has 1 atom stereocenters. The van der Waals surface area contributed by atoms with Crippen molar-refractivity contribution in [2.24, 2.45) is 5.73 Å². The summed E-state index contributed by atoms with van der Waals surface area (Å²) in [5.74, 6) is 1.13. The Bertz CT molecular complexity index is 996. The zero-order valence-corrected chi connectivity index (χ0v) is 14.7. The highest BCUT2D eigenvalue weighted by Gasteiger charge is 2.32.